The molecule has 0 aliphatic heterocycles. The van der Waals surface area contributed by atoms with Crippen molar-refractivity contribution in [1.29, 1.82) is 0 Å². The van der Waals surface area contributed by atoms with E-state index in [1.807, 2.05) is 6.92 Å². The van der Waals surface area contributed by atoms with Gasteiger partial charge in [-0.25, -0.2) is 14.3 Å². The summed E-state index contributed by atoms with van der Waals surface area (Å²) in [5.74, 6) is -1.84. The molecule has 1 atom stereocenters. The maximum Gasteiger partial charge on any atom is 0.359 e. The number of aromatic nitrogens is 2. The standard InChI is InChI=1S/C22H27N3O6S/c1-4-12-25-17(26)11-10-15(24-25)21(28)31-13(3)19(27)23-20-18(22(29)30-5-2)14-8-6-7-9-16(14)32-20/h10-11,13H,4-9,12H2,1-3H3,(H,23,27). The third-order valence-electron chi connectivity index (χ3n) is 5.05. The zero-order valence-electron chi connectivity index (χ0n) is 18.4. The largest absolute Gasteiger partial charge is 0.462 e. The quantitative estimate of drug-likeness (QED) is 0.601. The first-order valence-corrected chi connectivity index (χ1v) is 11.6. The second kappa shape index (κ2) is 10.5. The SMILES string of the molecule is CCCn1nc(C(=O)OC(C)C(=O)Nc2sc3c(c2C(=O)OCC)CCCC3)ccc1=O. The fourth-order valence-corrected chi connectivity index (χ4v) is 4.77. The van der Waals surface area contributed by atoms with Crippen LogP contribution >= 0.6 is 11.3 Å². The molecule has 1 N–H and O–H groups in total. The average Bonchev–Trinajstić information content (AvgIpc) is 3.13. The summed E-state index contributed by atoms with van der Waals surface area (Å²) in [6, 6.07) is 2.51. The molecule has 0 fully saturated rings. The van der Waals surface area contributed by atoms with Crippen LogP contribution in [0.4, 0.5) is 5.00 Å². The second-order valence-electron chi connectivity index (χ2n) is 7.45. The Kier molecular flexibility index (Phi) is 7.79. The van der Waals surface area contributed by atoms with E-state index in [1.165, 1.54) is 35.1 Å². The van der Waals surface area contributed by atoms with Gasteiger partial charge in [-0.1, -0.05) is 6.92 Å². The summed E-state index contributed by atoms with van der Waals surface area (Å²) in [6.45, 7) is 5.66. The van der Waals surface area contributed by atoms with E-state index in [9.17, 15) is 19.2 Å². The first-order chi connectivity index (χ1) is 15.3. The number of thiophene rings is 1. The van der Waals surface area contributed by atoms with Crippen LogP contribution in [0, 0.1) is 0 Å². The van der Waals surface area contributed by atoms with Gasteiger partial charge in [0.1, 0.15) is 5.00 Å². The van der Waals surface area contributed by atoms with Crippen LogP contribution in [-0.2, 0) is 33.7 Å². The summed E-state index contributed by atoms with van der Waals surface area (Å²) < 4.78 is 11.6. The Morgan fingerprint density at radius 2 is 1.94 bits per heavy atom. The molecule has 0 spiro atoms. The van der Waals surface area contributed by atoms with Gasteiger partial charge in [0.2, 0.25) is 0 Å². The molecular weight excluding hydrogens is 434 g/mol. The maximum atomic E-state index is 12.7. The van der Waals surface area contributed by atoms with Crippen LogP contribution in [0.1, 0.15) is 71.3 Å². The number of hydrogen-bond donors (Lipinski definition) is 1. The van der Waals surface area contributed by atoms with E-state index < -0.39 is 23.9 Å². The Morgan fingerprint density at radius 1 is 1.19 bits per heavy atom. The van der Waals surface area contributed by atoms with Gasteiger partial charge in [0.25, 0.3) is 11.5 Å². The van der Waals surface area contributed by atoms with Gasteiger partial charge in [0.15, 0.2) is 11.8 Å². The maximum absolute atomic E-state index is 12.7. The molecule has 0 bridgehead atoms. The summed E-state index contributed by atoms with van der Waals surface area (Å²) in [5.41, 5.74) is 0.951. The first-order valence-electron chi connectivity index (χ1n) is 10.8. The molecule has 3 rings (SSSR count). The van der Waals surface area contributed by atoms with Gasteiger partial charge in [0.05, 0.1) is 12.2 Å². The lowest BCUT2D eigenvalue weighted by Gasteiger charge is -2.14. The van der Waals surface area contributed by atoms with Crippen LogP contribution < -0.4 is 10.9 Å². The van der Waals surface area contributed by atoms with Crippen molar-refractivity contribution in [2.45, 2.75) is 65.5 Å². The van der Waals surface area contributed by atoms with Gasteiger partial charge in [-0.15, -0.1) is 11.3 Å². The molecule has 2 aromatic heterocycles. The molecule has 0 aromatic carbocycles. The van der Waals surface area contributed by atoms with Crippen molar-refractivity contribution < 1.29 is 23.9 Å². The highest BCUT2D eigenvalue weighted by molar-refractivity contribution is 7.17. The highest BCUT2D eigenvalue weighted by Crippen LogP contribution is 2.38. The predicted molar refractivity (Wildman–Crippen MR) is 119 cm³/mol. The Morgan fingerprint density at radius 3 is 2.66 bits per heavy atom. The summed E-state index contributed by atoms with van der Waals surface area (Å²) in [7, 11) is 0. The molecule has 0 saturated heterocycles. The summed E-state index contributed by atoms with van der Waals surface area (Å²) >= 11 is 1.36. The van der Waals surface area contributed by atoms with Crippen molar-refractivity contribution in [2.75, 3.05) is 11.9 Å². The fraction of sp³-hybridized carbons (Fsp3) is 0.500. The molecular formula is C22H27N3O6S. The molecule has 1 unspecified atom stereocenters. The molecule has 0 saturated carbocycles. The molecule has 9 nitrogen and oxygen atoms in total. The van der Waals surface area contributed by atoms with Gasteiger partial charge in [-0.05, 0) is 57.6 Å². The fourth-order valence-electron chi connectivity index (χ4n) is 3.49. The molecule has 2 heterocycles. The monoisotopic (exact) mass is 461 g/mol. The Hall–Kier alpha value is -3.01. The number of hydrogen-bond acceptors (Lipinski definition) is 8. The van der Waals surface area contributed by atoms with Gasteiger partial charge in [-0.2, -0.15) is 5.10 Å². The number of amides is 1. The predicted octanol–water partition coefficient (Wildman–Crippen LogP) is 2.95. The highest BCUT2D eigenvalue weighted by atomic mass is 32.1. The van der Waals surface area contributed by atoms with Crippen LogP contribution in [-0.4, -0.2) is 40.3 Å². The van der Waals surface area contributed by atoms with Gasteiger partial charge < -0.3 is 14.8 Å². The van der Waals surface area contributed by atoms with E-state index in [4.69, 9.17) is 9.47 Å². The molecule has 1 amide bonds. The summed E-state index contributed by atoms with van der Waals surface area (Å²) in [6.07, 6.45) is 3.17. The van der Waals surface area contributed by atoms with Crippen LogP contribution in [0.25, 0.3) is 0 Å². The number of fused-ring (bicyclic) bond motifs is 1. The van der Waals surface area contributed by atoms with E-state index in [0.717, 1.165) is 36.1 Å². The van der Waals surface area contributed by atoms with Gasteiger partial charge >= 0.3 is 11.9 Å². The highest BCUT2D eigenvalue weighted by Gasteiger charge is 2.29. The van der Waals surface area contributed by atoms with Crippen molar-refractivity contribution in [3.05, 3.63) is 44.2 Å². The van der Waals surface area contributed by atoms with Crippen LogP contribution in [0.3, 0.4) is 0 Å². The molecule has 1 aliphatic rings. The number of carbonyl (C=O) groups excluding carboxylic acids is 3. The number of nitrogens with one attached hydrogen (secondary N) is 1. The summed E-state index contributed by atoms with van der Waals surface area (Å²) in [5, 5.41) is 7.14. The Balaban J connectivity index is 1.74. The number of aryl methyl sites for hydroxylation is 2. The minimum Gasteiger partial charge on any atom is -0.462 e. The third-order valence-corrected chi connectivity index (χ3v) is 6.26. The number of rotatable bonds is 8. The number of anilines is 1. The minimum atomic E-state index is -1.13. The molecule has 0 radical (unpaired) electrons. The van der Waals surface area contributed by atoms with Crippen LogP contribution in [0.2, 0.25) is 0 Å². The normalized spacial score (nSPS) is 13.7. The van der Waals surface area contributed by atoms with E-state index in [1.54, 1.807) is 6.92 Å². The molecule has 2 aromatic rings. The Labute approximate surface area is 189 Å². The first kappa shape index (κ1) is 23.6. The minimum absolute atomic E-state index is 0.0588. The van der Waals surface area contributed by atoms with Gasteiger partial charge in [-0.3, -0.25) is 9.59 Å². The zero-order valence-corrected chi connectivity index (χ0v) is 19.3. The molecule has 172 valence electrons. The van der Waals surface area contributed by atoms with E-state index >= 15 is 0 Å². The topological polar surface area (TPSA) is 117 Å². The number of esters is 2. The smallest absolute Gasteiger partial charge is 0.359 e. The van der Waals surface area contributed by atoms with Crippen molar-refractivity contribution in [2.24, 2.45) is 0 Å². The second-order valence-corrected chi connectivity index (χ2v) is 8.56. The number of carbonyl (C=O) groups is 3. The van der Waals surface area contributed by atoms with Crippen molar-refractivity contribution in [1.82, 2.24) is 9.78 Å². The lowest BCUT2D eigenvalue weighted by Crippen LogP contribution is -2.31. The molecule has 32 heavy (non-hydrogen) atoms. The number of ether oxygens (including phenoxy) is 2. The zero-order chi connectivity index (χ0) is 23.3. The molecule has 1 aliphatic carbocycles. The van der Waals surface area contributed by atoms with E-state index in [-0.39, 0.29) is 17.9 Å². The average molecular weight is 462 g/mol. The lowest BCUT2D eigenvalue weighted by molar-refractivity contribution is -0.123. The van der Waals surface area contributed by atoms with E-state index in [0.29, 0.717) is 23.5 Å². The third kappa shape index (κ3) is 5.24. The van der Waals surface area contributed by atoms with Crippen LogP contribution in [0.15, 0.2) is 16.9 Å². The Bertz CT molecular complexity index is 1070. The van der Waals surface area contributed by atoms with Crippen LogP contribution in [0.5, 0.6) is 0 Å². The van der Waals surface area contributed by atoms with Gasteiger partial charge in [0, 0.05) is 17.5 Å². The summed E-state index contributed by atoms with van der Waals surface area (Å²) in [4.78, 5) is 50.6. The van der Waals surface area contributed by atoms with Crippen molar-refractivity contribution in [3.8, 4) is 0 Å². The van der Waals surface area contributed by atoms with Crippen molar-refractivity contribution in [3.63, 3.8) is 0 Å². The number of nitrogens with zero attached hydrogens (tertiary/aromatic N) is 2. The lowest BCUT2D eigenvalue weighted by atomic mass is 9.95. The van der Waals surface area contributed by atoms with E-state index in [2.05, 4.69) is 10.4 Å². The van der Waals surface area contributed by atoms with Crippen molar-refractivity contribution >= 4 is 34.2 Å². The molecule has 10 heteroatoms.